The molecule has 1 aliphatic rings. The van der Waals surface area contributed by atoms with Crippen molar-refractivity contribution in [2.45, 2.75) is 33.1 Å². The first-order valence-corrected chi connectivity index (χ1v) is 7.23. The lowest BCUT2D eigenvalue weighted by Crippen LogP contribution is -2.38. The zero-order valence-corrected chi connectivity index (χ0v) is 11.9. The van der Waals surface area contributed by atoms with Crippen LogP contribution in [-0.2, 0) is 0 Å². The second-order valence-corrected chi connectivity index (χ2v) is 5.10. The summed E-state index contributed by atoms with van der Waals surface area (Å²) in [5.74, 6) is 0.919. The van der Waals surface area contributed by atoms with Crippen molar-refractivity contribution >= 4 is 11.6 Å². The first kappa shape index (κ1) is 13.8. The molecule has 1 aromatic heterocycles. The van der Waals surface area contributed by atoms with Gasteiger partial charge in [-0.3, -0.25) is 9.78 Å². The van der Waals surface area contributed by atoms with Crippen LogP contribution in [0.3, 0.4) is 0 Å². The molecule has 4 heteroatoms. The van der Waals surface area contributed by atoms with E-state index in [0.29, 0.717) is 0 Å². The maximum atomic E-state index is 12.5. The van der Waals surface area contributed by atoms with Crippen molar-refractivity contribution in [1.29, 1.82) is 0 Å². The second kappa shape index (κ2) is 6.55. The van der Waals surface area contributed by atoms with Gasteiger partial charge in [0.25, 0.3) is 5.91 Å². The van der Waals surface area contributed by atoms with E-state index in [1.165, 1.54) is 6.42 Å². The first-order valence-electron chi connectivity index (χ1n) is 7.23. The van der Waals surface area contributed by atoms with Gasteiger partial charge in [-0.25, -0.2) is 0 Å². The third kappa shape index (κ3) is 3.25. The summed E-state index contributed by atoms with van der Waals surface area (Å²) in [5, 5.41) is 3.21. The van der Waals surface area contributed by atoms with E-state index >= 15 is 0 Å². The molecule has 0 atom stereocenters. The van der Waals surface area contributed by atoms with Gasteiger partial charge in [-0.05, 0) is 31.7 Å². The fourth-order valence-electron chi connectivity index (χ4n) is 2.63. The van der Waals surface area contributed by atoms with E-state index in [1.54, 1.807) is 12.4 Å². The molecular formula is C15H23N3O. The van der Waals surface area contributed by atoms with Gasteiger partial charge < -0.3 is 10.2 Å². The average Bonchev–Trinajstić information content (AvgIpc) is 2.47. The van der Waals surface area contributed by atoms with Gasteiger partial charge in [0.2, 0.25) is 0 Å². The number of nitrogens with one attached hydrogen (secondary N) is 1. The van der Waals surface area contributed by atoms with Crippen LogP contribution in [0.5, 0.6) is 0 Å². The fraction of sp³-hybridized carbons (Fsp3) is 0.600. The van der Waals surface area contributed by atoms with E-state index in [0.717, 1.165) is 49.6 Å². The fourth-order valence-corrected chi connectivity index (χ4v) is 2.63. The van der Waals surface area contributed by atoms with Crippen molar-refractivity contribution in [3.8, 4) is 0 Å². The summed E-state index contributed by atoms with van der Waals surface area (Å²) in [7, 11) is 0. The molecule has 1 aromatic rings. The standard InChI is InChI=1S/C15H23N3O/c1-3-12-6-9-18(10-7-12)15(19)13-5-8-16-11-14(13)17-4-2/h5,8,11-12,17H,3-4,6-7,9-10H2,1-2H3. The molecule has 19 heavy (non-hydrogen) atoms. The number of likely N-dealkylation sites (tertiary alicyclic amines) is 1. The molecule has 1 fully saturated rings. The minimum atomic E-state index is 0.132. The van der Waals surface area contributed by atoms with Crippen molar-refractivity contribution in [3.63, 3.8) is 0 Å². The zero-order valence-electron chi connectivity index (χ0n) is 11.9. The average molecular weight is 261 g/mol. The van der Waals surface area contributed by atoms with Crippen LogP contribution in [0.2, 0.25) is 0 Å². The Balaban J connectivity index is 2.07. The molecule has 1 aliphatic heterocycles. The monoisotopic (exact) mass is 261 g/mol. The number of aromatic nitrogens is 1. The SMILES string of the molecule is CCNc1cnccc1C(=O)N1CCC(CC)CC1. The van der Waals surface area contributed by atoms with Crippen molar-refractivity contribution in [3.05, 3.63) is 24.0 Å². The van der Waals surface area contributed by atoms with Gasteiger partial charge in [0.15, 0.2) is 0 Å². The van der Waals surface area contributed by atoms with Crippen LogP contribution in [0.4, 0.5) is 5.69 Å². The minimum absolute atomic E-state index is 0.132. The van der Waals surface area contributed by atoms with Crippen LogP contribution in [0.15, 0.2) is 18.5 Å². The Kier molecular flexibility index (Phi) is 4.77. The highest BCUT2D eigenvalue weighted by Gasteiger charge is 2.24. The summed E-state index contributed by atoms with van der Waals surface area (Å²) in [5.41, 5.74) is 1.58. The number of pyridine rings is 1. The lowest BCUT2D eigenvalue weighted by molar-refractivity contribution is 0.0689. The maximum Gasteiger partial charge on any atom is 0.256 e. The Morgan fingerprint density at radius 3 is 2.79 bits per heavy atom. The molecule has 1 amide bonds. The summed E-state index contributed by atoms with van der Waals surface area (Å²) in [6, 6.07) is 1.81. The molecule has 2 rings (SSSR count). The van der Waals surface area contributed by atoms with Crippen LogP contribution in [0, 0.1) is 5.92 Å². The highest BCUT2D eigenvalue weighted by molar-refractivity contribution is 5.99. The van der Waals surface area contributed by atoms with Gasteiger partial charge in [0.05, 0.1) is 17.4 Å². The number of anilines is 1. The van der Waals surface area contributed by atoms with E-state index in [-0.39, 0.29) is 5.91 Å². The van der Waals surface area contributed by atoms with Gasteiger partial charge >= 0.3 is 0 Å². The Labute approximate surface area is 115 Å². The lowest BCUT2D eigenvalue weighted by atomic mass is 9.94. The Morgan fingerprint density at radius 1 is 1.42 bits per heavy atom. The summed E-state index contributed by atoms with van der Waals surface area (Å²) >= 11 is 0. The quantitative estimate of drug-likeness (QED) is 0.906. The molecule has 0 unspecified atom stereocenters. The second-order valence-electron chi connectivity index (χ2n) is 5.10. The third-order valence-electron chi connectivity index (χ3n) is 3.90. The number of amides is 1. The maximum absolute atomic E-state index is 12.5. The Hall–Kier alpha value is -1.58. The number of piperidine rings is 1. The summed E-state index contributed by atoms with van der Waals surface area (Å²) in [4.78, 5) is 18.6. The van der Waals surface area contributed by atoms with E-state index in [1.807, 2.05) is 17.9 Å². The van der Waals surface area contributed by atoms with Crippen molar-refractivity contribution < 1.29 is 4.79 Å². The molecule has 1 saturated heterocycles. The van der Waals surface area contributed by atoms with Crippen molar-refractivity contribution in [2.24, 2.45) is 5.92 Å². The van der Waals surface area contributed by atoms with Crippen LogP contribution < -0.4 is 5.32 Å². The zero-order chi connectivity index (χ0) is 13.7. The van der Waals surface area contributed by atoms with Crippen molar-refractivity contribution in [1.82, 2.24) is 9.88 Å². The predicted molar refractivity (Wildman–Crippen MR) is 77.3 cm³/mol. The molecule has 0 saturated carbocycles. The molecule has 2 heterocycles. The summed E-state index contributed by atoms with van der Waals surface area (Å²) in [6.45, 7) is 6.81. The van der Waals surface area contributed by atoms with E-state index < -0.39 is 0 Å². The Morgan fingerprint density at radius 2 is 2.16 bits per heavy atom. The molecule has 104 valence electrons. The number of carbonyl (C=O) groups excluding carboxylic acids is 1. The number of nitrogens with zero attached hydrogens (tertiary/aromatic N) is 2. The van der Waals surface area contributed by atoms with Crippen LogP contribution in [-0.4, -0.2) is 35.4 Å². The van der Waals surface area contributed by atoms with E-state index in [9.17, 15) is 4.79 Å². The van der Waals surface area contributed by atoms with Gasteiger partial charge in [0.1, 0.15) is 0 Å². The molecule has 1 N–H and O–H groups in total. The number of hydrogen-bond donors (Lipinski definition) is 1. The van der Waals surface area contributed by atoms with E-state index in [2.05, 4.69) is 17.2 Å². The largest absolute Gasteiger partial charge is 0.383 e. The smallest absolute Gasteiger partial charge is 0.256 e. The normalized spacial score (nSPS) is 16.4. The minimum Gasteiger partial charge on any atom is -0.383 e. The van der Waals surface area contributed by atoms with Crippen LogP contribution >= 0.6 is 0 Å². The van der Waals surface area contributed by atoms with Crippen LogP contribution in [0.25, 0.3) is 0 Å². The first-order chi connectivity index (χ1) is 9.26. The molecule has 0 bridgehead atoms. The highest BCUT2D eigenvalue weighted by Crippen LogP contribution is 2.23. The summed E-state index contributed by atoms with van der Waals surface area (Å²) in [6.07, 6.45) is 6.90. The summed E-state index contributed by atoms with van der Waals surface area (Å²) < 4.78 is 0. The van der Waals surface area contributed by atoms with Gasteiger partial charge in [-0.15, -0.1) is 0 Å². The molecule has 0 radical (unpaired) electrons. The molecule has 0 spiro atoms. The number of rotatable bonds is 4. The molecule has 0 aromatic carbocycles. The highest BCUT2D eigenvalue weighted by atomic mass is 16.2. The number of carbonyl (C=O) groups is 1. The lowest BCUT2D eigenvalue weighted by Gasteiger charge is -2.32. The topological polar surface area (TPSA) is 45.2 Å². The molecular weight excluding hydrogens is 238 g/mol. The Bertz CT molecular complexity index is 425. The van der Waals surface area contributed by atoms with Crippen LogP contribution in [0.1, 0.15) is 43.5 Å². The van der Waals surface area contributed by atoms with E-state index in [4.69, 9.17) is 0 Å². The third-order valence-corrected chi connectivity index (χ3v) is 3.90. The molecule has 0 aliphatic carbocycles. The van der Waals surface area contributed by atoms with Gasteiger partial charge in [-0.1, -0.05) is 13.3 Å². The van der Waals surface area contributed by atoms with Gasteiger partial charge in [0, 0.05) is 25.8 Å². The van der Waals surface area contributed by atoms with Crippen molar-refractivity contribution in [2.75, 3.05) is 25.0 Å². The van der Waals surface area contributed by atoms with Gasteiger partial charge in [-0.2, -0.15) is 0 Å². The molecule has 4 nitrogen and oxygen atoms in total. The predicted octanol–water partition coefficient (Wildman–Crippen LogP) is 2.78. The number of hydrogen-bond acceptors (Lipinski definition) is 3.